The summed E-state index contributed by atoms with van der Waals surface area (Å²) in [5.41, 5.74) is 3.96. The Bertz CT molecular complexity index is 987. The van der Waals surface area contributed by atoms with E-state index in [9.17, 15) is 4.79 Å². The summed E-state index contributed by atoms with van der Waals surface area (Å²) in [5, 5.41) is 0. The maximum Gasteiger partial charge on any atom is 0.254 e. The van der Waals surface area contributed by atoms with E-state index >= 15 is 0 Å². The lowest BCUT2D eigenvalue weighted by molar-refractivity contribution is 0.0729. The molecule has 0 aliphatic carbocycles. The topological polar surface area (TPSA) is 51.7 Å². The summed E-state index contributed by atoms with van der Waals surface area (Å²) in [6.45, 7) is 4.36. The van der Waals surface area contributed by atoms with Crippen LogP contribution in [0.5, 0.6) is 11.5 Å². The summed E-state index contributed by atoms with van der Waals surface area (Å²) in [7, 11) is 0. The molecule has 0 bridgehead atoms. The van der Waals surface area contributed by atoms with E-state index in [1.54, 1.807) is 18.5 Å². The highest BCUT2D eigenvalue weighted by Crippen LogP contribution is 2.31. The SMILES string of the molecule is CCc1ccc(CN(Cc2cccnc2)C(=O)c2ccc3c(c2)OCCCO3)cc1. The van der Waals surface area contributed by atoms with Gasteiger partial charge in [0.15, 0.2) is 11.5 Å². The summed E-state index contributed by atoms with van der Waals surface area (Å²) in [6.07, 6.45) is 5.37. The lowest BCUT2D eigenvalue weighted by atomic mass is 10.1. The smallest absolute Gasteiger partial charge is 0.254 e. The van der Waals surface area contributed by atoms with Crippen molar-refractivity contribution in [2.24, 2.45) is 0 Å². The van der Waals surface area contributed by atoms with Crippen molar-refractivity contribution in [3.63, 3.8) is 0 Å². The number of carbonyl (C=O) groups is 1. The number of aromatic nitrogens is 1. The molecule has 1 aromatic heterocycles. The first kappa shape index (κ1) is 20.0. The van der Waals surface area contributed by atoms with Crippen molar-refractivity contribution in [1.82, 2.24) is 9.88 Å². The number of aryl methyl sites for hydroxylation is 1. The third-order valence-corrected chi connectivity index (χ3v) is 5.18. The van der Waals surface area contributed by atoms with Crippen molar-refractivity contribution >= 4 is 5.91 Å². The van der Waals surface area contributed by atoms with Crippen molar-refractivity contribution in [1.29, 1.82) is 0 Å². The Kier molecular flexibility index (Phi) is 6.28. The van der Waals surface area contributed by atoms with Gasteiger partial charge in [-0.15, -0.1) is 0 Å². The van der Waals surface area contributed by atoms with E-state index in [1.165, 1.54) is 5.56 Å². The minimum Gasteiger partial charge on any atom is -0.490 e. The number of rotatable bonds is 6. The van der Waals surface area contributed by atoms with Gasteiger partial charge in [0.05, 0.1) is 13.2 Å². The largest absolute Gasteiger partial charge is 0.490 e. The predicted octanol–water partition coefficient (Wildman–Crippen LogP) is 4.65. The first-order chi connectivity index (χ1) is 14.7. The minimum absolute atomic E-state index is 0.0472. The fraction of sp³-hybridized carbons (Fsp3) is 0.280. The molecule has 5 heteroatoms. The van der Waals surface area contributed by atoms with Crippen LogP contribution in [0.2, 0.25) is 0 Å². The molecule has 4 rings (SSSR count). The second-order valence-corrected chi connectivity index (χ2v) is 7.40. The third-order valence-electron chi connectivity index (χ3n) is 5.18. The molecule has 1 aliphatic rings. The fourth-order valence-electron chi connectivity index (χ4n) is 3.49. The monoisotopic (exact) mass is 402 g/mol. The number of hydrogen-bond acceptors (Lipinski definition) is 4. The van der Waals surface area contributed by atoms with Gasteiger partial charge in [0.25, 0.3) is 5.91 Å². The minimum atomic E-state index is -0.0472. The molecule has 0 spiro atoms. The Hall–Kier alpha value is -3.34. The van der Waals surface area contributed by atoms with Crippen LogP contribution < -0.4 is 9.47 Å². The predicted molar refractivity (Wildman–Crippen MR) is 116 cm³/mol. The van der Waals surface area contributed by atoms with Gasteiger partial charge in [-0.1, -0.05) is 37.3 Å². The Labute approximate surface area is 177 Å². The molecule has 1 amide bonds. The van der Waals surface area contributed by atoms with Gasteiger partial charge in [0, 0.05) is 37.5 Å². The van der Waals surface area contributed by atoms with E-state index in [4.69, 9.17) is 9.47 Å². The zero-order chi connectivity index (χ0) is 20.8. The van der Waals surface area contributed by atoms with E-state index in [0.29, 0.717) is 43.4 Å². The fourth-order valence-corrected chi connectivity index (χ4v) is 3.49. The standard InChI is InChI=1S/C25H26N2O3/c1-2-19-6-8-20(9-7-19)17-27(18-21-5-3-12-26-16-21)25(28)22-10-11-23-24(15-22)30-14-4-13-29-23/h3,5-12,15-16H,2,4,13-14,17-18H2,1H3. The Morgan fingerprint density at radius 1 is 0.933 bits per heavy atom. The number of amides is 1. The Morgan fingerprint density at radius 2 is 1.67 bits per heavy atom. The molecule has 0 saturated heterocycles. The molecule has 0 radical (unpaired) electrons. The molecule has 0 N–H and O–H groups in total. The Morgan fingerprint density at radius 3 is 2.40 bits per heavy atom. The summed E-state index contributed by atoms with van der Waals surface area (Å²) in [6, 6.07) is 17.7. The van der Waals surface area contributed by atoms with Crippen LogP contribution in [-0.2, 0) is 19.5 Å². The number of fused-ring (bicyclic) bond motifs is 1. The second kappa shape index (κ2) is 9.44. The van der Waals surface area contributed by atoms with Gasteiger partial charge < -0.3 is 14.4 Å². The van der Waals surface area contributed by atoms with Crippen LogP contribution in [-0.4, -0.2) is 29.0 Å². The number of pyridine rings is 1. The van der Waals surface area contributed by atoms with Crippen molar-refractivity contribution in [2.45, 2.75) is 32.9 Å². The van der Waals surface area contributed by atoms with Crippen LogP contribution in [0.3, 0.4) is 0 Å². The molecule has 30 heavy (non-hydrogen) atoms. The first-order valence-electron chi connectivity index (χ1n) is 10.4. The Balaban J connectivity index is 1.60. The molecular weight excluding hydrogens is 376 g/mol. The highest BCUT2D eigenvalue weighted by Gasteiger charge is 2.20. The van der Waals surface area contributed by atoms with Gasteiger partial charge >= 0.3 is 0 Å². The summed E-state index contributed by atoms with van der Waals surface area (Å²) in [5.74, 6) is 1.28. The molecule has 0 unspecified atom stereocenters. The molecule has 2 aromatic carbocycles. The summed E-state index contributed by atoms with van der Waals surface area (Å²) in [4.78, 5) is 19.5. The van der Waals surface area contributed by atoms with Gasteiger partial charge in [-0.25, -0.2) is 0 Å². The second-order valence-electron chi connectivity index (χ2n) is 7.40. The van der Waals surface area contributed by atoms with Crippen LogP contribution >= 0.6 is 0 Å². The number of nitrogens with zero attached hydrogens (tertiary/aromatic N) is 2. The summed E-state index contributed by atoms with van der Waals surface area (Å²) < 4.78 is 11.5. The lowest BCUT2D eigenvalue weighted by Gasteiger charge is -2.23. The van der Waals surface area contributed by atoms with Crippen LogP contribution in [0.15, 0.2) is 67.0 Å². The molecule has 0 atom stereocenters. The maximum atomic E-state index is 13.5. The normalized spacial score (nSPS) is 12.8. The average Bonchev–Trinajstić information content (AvgIpc) is 3.04. The number of benzene rings is 2. The molecule has 5 nitrogen and oxygen atoms in total. The van der Waals surface area contributed by atoms with Crippen LogP contribution in [0.1, 0.15) is 40.4 Å². The number of carbonyl (C=O) groups excluding carboxylic acids is 1. The third kappa shape index (κ3) is 4.79. The molecule has 154 valence electrons. The van der Waals surface area contributed by atoms with Crippen molar-refractivity contribution in [3.05, 3.63) is 89.2 Å². The van der Waals surface area contributed by atoms with E-state index in [0.717, 1.165) is 24.0 Å². The zero-order valence-electron chi connectivity index (χ0n) is 17.2. The van der Waals surface area contributed by atoms with E-state index in [2.05, 4.69) is 36.2 Å². The molecule has 0 fully saturated rings. The maximum absolute atomic E-state index is 13.5. The first-order valence-corrected chi connectivity index (χ1v) is 10.4. The van der Waals surface area contributed by atoms with Crippen molar-refractivity contribution in [3.8, 4) is 11.5 Å². The van der Waals surface area contributed by atoms with Gasteiger partial charge in [-0.2, -0.15) is 0 Å². The van der Waals surface area contributed by atoms with Gasteiger partial charge in [-0.3, -0.25) is 9.78 Å². The van der Waals surface area contributed by atoms with Crippen LogP contribution in [0.25, 0.3) is 0 Å². The highest BCUT2D eigenvalue weighted by atomic mass is 16.5. The van der Waals surface area contributed by atoms with Crippen LogP contribution in [0.4, 0.5) is 0 Å². The van der Waals surface area contributed by atoms with Crippen molar-refractivity contribution in [2.75, 3.05) is 13.2 Å². The number of ether oxygens (including phenoxy) is 2. The molecule has 3 aromatic rings. The van der Waals surface area contributed by atoms with Gasteiger partial charge in [0.2, 0.25) is 0 Å². The van der Waals surface area contributed by atoms with E-state index in [-0.39, 0.29) is 5.91 Å². The lowest BCUT2D eigenvalue weighted by Crippen LogP contribution is -2.30. The van der Waals surface area contributed by atoms with Crippen LogP contribution in [0, 0.1) is 0 Å². The summed E-state index contributed by atoms with van der Waals surface area (Å²) >= 11 is 0. The van der Waals surface area contributed by atoms with E-state index in [1.807, 2.05) is 29.2 Å². The zero-order valence-corrected chi connectivity index (χ0v) is 17.2. The quantitative estimate of drug-likeness (QED) is 0.602. The van der Waals surface area contributed by atoms with Crippen molar-refractivity contribution < 1.29 is 14.3 Å². The average molecular weight is 402 g/mol. The highest BCUT2D eigenvalue weighted by molar-refractivity contribution is 5.95. The number of hydrogen-bond donors (Lipinski definition) is 0. The molecule has 2 heterocycles. The van der Waals surface area contributed by atoms with E-state index < -0.39 is 0 Å². The van der Waals surface area contributed by atoms with Gasteiger partial charge in [-0.05, 0) is 47.4 Å². The molecule has 1 aliphatic heterocycles. The molecular formula is C25H26N2O3. The van der Waals surface area contributed by atoms with Gasteiger partial charge in [0.1, 0.15) is 0 Å². The molecule has 0 saturated carbocycles.